The van der Waals surface area contributed by atoms with Crippen molar-refractivity contribution in [1.29, 1.82) is 0 Å². The van der Waals surface area contributed by atoms with Gasteiger partial charge in [-0.15, -0.1) is 0 Å². The Balaban J connectivity index is 1.89. The van der Waals surface area contributed by atoms with Gasteiger partial charge in [-0.3, -0.25) is 4.79 Å². The van der Waals surface area contributed by atoms with E-state index in [-0.39, 0.29) is 11.7 Å². The van der Waals surface area contributed by atoms with Gasteiger partial charge in [0.1, 0.15) is 0 Å². The van der Waals surface area contributed by atoms with Crippen LogP contribution < -0.4 is 0 Å². The van der Waals surface area contributed by atoms with Crippen molar-refractivity contribution in [2.24, 2.45) is 5.92 Å². The van der Waals surface area contributed by atoms with Crippen molar-refractivity contribution < 1.29 is 4.79 Å². The Morgan fingerprint density at radius 3 is 2.37 bits per heavy atom. The Labute approximate surface area is 118 Å². The number of fused-ring (bicyclic) bond motifs is 1. The molecule has 0 saturated carbocycles. The summed E-state index contributed by atoms with van der Waals surface area (Å²) >= 11 is 6.00. The molecule has 2 heteroatoms. The normalized spacial score (nSPS) is 14.4. The lowest BCUT2D eigenvalue weighted by Crippen LogP contribution is -2.16. The van der Waals surface area contributed by atoms with Gasteiger partial charge >= 0.3 is 0 Å². The molecular weight excluding hydrogens is 256 g/mol. The van der Waals surface area contributed by atoms with Gasteiger partial charge in [0.15, 0.2) is 5.78 Å². The van der Waals surface area contributed by atoms with Crippen molar-refractivity contribution in [3.05, 3.63) is 69.7 Å². The second-order valence-electron chi connectivity index (χ2n) is 5.20. The highest BCUT2D eigenvalue weighted by atomic mass is 35.5. The summed E-state index contributed by atoms with van der Waals surface area (Å²) in [7, 11) is 0. The zero-order chi connectivity index (χ0) is 13.4. The number of ketones is 1. The first-order valence-corrected chi connectivity index (χ1v) is 6.90. The predicted octanol–water partition coefficient (Wildman–Crippen LogP) is 4.25. The quantitative estimate of drug-likeness (QED) is 0.746. The molecule has 1 nitrogen and oxygen atoms in total. The first-order valence-electron chi connectivity index (χ1n) is 6.52. The molecule has 1 aliphatic rings. The second kappa shape index (κ2) is 4.82. The third kappa shape index (κ3) is 2.31. The Morgan fingerprint density at radius 2 is 1.74 bits per heavy atom. The average molecular weight is 271 g/mol. The number of carbonyl (C=O) groups is 1. The number of carbonyl (C=O) groups excluding carboxylic acids is 1. The highest BCUT2D eigenvalue weighted by molar-refractivity contribution is 6.31. The van der Waals surface area contributed by atoms with E-state index in [1.807, 2.05) is 31.2 Å². The van der Waals surface area contributed by atoms with Crippen LogP contribution in [0.3, 0.4) is 0 Å². The van der Waals surface area contributed by atoms with Crippen molar-refractivity contribution in [3.8, 4) is 0 Å². The van der Waals surface area contributed by atoms with Gasteiger partial charge in [0.2, 0.25) is 0 Å². The van der Waals surface area contributed by atoms with E-state index >= 15 is 0 Å². The number of hydrogen-bond donors (Lipinski definition) is 0. The summed E-state index contributed by atoms with van der Waals surface area (Å²) < 4.78 is 0. The Morgan fingerprint density at radius 1 is 1.11 bits per heavy atom. The number of benzene rings is 2. The van der Waals surface area contributed by atoms with E-state index in [9.17, 15) is 4.79 Å². The molecule has 0 heterocycles. The van der Waals surface area contributed by atoms with Gasteiger partial charge in [0.05, 0.1) is 0 Å². The van der Waals surface area contributed by atoms with Crippen LogP contribution >= 0.6 is 11.6 Å². The second-order valence-corrected chi connectivity index (χ2v) is 5.63. The van der Waals surface area contributed by atoms with Crippen LogP contribution in [0.2, 0.25) is 5.02 Å². The average Bonchev–Trinajstić information content (AvgIpc) is 2.84. The standard InChI is InChI=1S/C17H15ClO/c1-11-6-7-15(18)10-16(11)17(19)14-8-12-4-2-3-5-13(12)9-14/h2-7,10,14H,8-9H2,1H3. The van der Waals surface area contributed by atoms with Crippen molar-refractivity contribution >= 4 is 17.4 Å². The molecule has 2 aromatic carbocycles. The lowest BCUT2D eigenvalue weighted by Gasteiger charge is -2.10. The fourth-order valence-electron chi connectivity index (χ4n) is 2.82. The molecule has 3 rings (SSSR count). The van der Waals surface area contributed by atoms with Crippen LogP contribution in [-0.2, 0) is 12.8 Å². The van der Waals surface area contributed by atoms with Crippen molar-refractivity contribution in [1.82, 2.24) is 0 Å². The summed E-state index contributed by atoms with van der Waals surface area (Å²) in [6, 6.07) is 13.9. The molecule has 0 N–H and O–H groups in total. The zero-order valence-electron chi connectivity index (χ0n) is 10.8. The lowest BCUT2D eigenvalue weighted by molar-refractivity contribution is 0.0924. The number of hydrogen-bond acceptors (Lipinski definition) is 1. The molecule has 19 heavy (non-hydrogen) atoms. The van der Waals surface area contributed by atoms with E-state index in [2.05, 4.69) is 12.1 Å². The van der Waals surface area contributed by atoms with Crippen LogP contribution in [0.15, 0.2) is 42.5 Å². The molecule has 0 saturated heterocycles. The monoisotopic (exact) mass is 270 g/mol. The van der Waals surface area contributed by atoms with Gasteiger partial charge in [-0.2, -0.15) is 0 Å². The molecule has 0 unspecified atom stereocenters. The van der Waals surface area contributed by atoms with Crippen LogP contribution in [0.25, 0.3) is 0 Å². The number of halogens is 1. The van der Waals surface area contributed by atoms with Gasteiger partial charge in [0, 0.05) is 16.5 Å². The molecule has 0 atom stereocenters. The summed E-state index contributed by atoms with van der Waals surface area (Å²) in [5.74, 6) is 0.283. The molecule has 0 fully saturated rings. The maximum Gasteiger partial charge on any atom is 0.166 e. The van der Waals surface area contributed by atoms with E-state index in [0.717, 1.165) is 24.0 Å². The molecule has 2 aromatic rings. The molecule has 0 bridgehead atoms. The van der Waals surface area contributed by atoms with E-state index in [0.29, 0.717) is 5.02 Å². The van der Waals surface area contributed by atoms with E-state index in [1.54, 1.807) is 6.07 Å². The minimum atomic E-state index is 0.0644. The topological polar surface area (TPSA) is 17.1 Å². The molecular formula is C17H15ClO. The van der Waals surface area contributed by atoms with E-state index in [1.165, 1.54) is 11.1 Å². The summed E-state index contributed by atoms with van der Waals surface area (Å²) in [5, 5.41) is 0.629. The predicted molar refractivity (Wildman–Crippen MR) is 77.9 cm³/mol. The molecule has 0 radical (unpaired) electrons. The first kappa shape index (κ1) is 12.4. The van der Waals surface area contributed by atoms with Gasteiger partial charge in [-0.05, 0) is 48.6 Å². The van der Waals surface area contributed by atoms with Crippen LogP contribution in [0, 0.1) is 12.8 Å². The third-order valence-electron chi connectivity index (χ3n) is 3.89. The zero-order valence-corrected chi connectivity index (χ0v) is 11.6. The first-order chi connectivity index (χ1) is 9.15. The number of rotatable bonds is 2. The van der Waals surface area contributed by atoms with Crippen LogP contribution in [0.5, 0.6) is 0 Å². The maximum absolute atomic E-state index is 12.6. The van der Waals surface area contributed by atoms with E-state index < -0.39 is 0 Å². The lowest BCUT2D eigenvalue weighted by atomic mass is 9.92. The Bertz CT molecular complexity index is 620. The molecule has 0 aromatic heterocycles. The molecule has 0 aliphatic heterocycles. The summed E-state index contributed by atoms with van der Waals surface area (Å²) in [6.45, 7) is 1.96. The van der Waals surface area contributed by atoms with Gasteiger partial charge in [-0.25, -0.2) is 0 Å². The minimum absolute atomic E-state index is 0.0644. The summed E-state index contributed by atoms with van der Waals surface area (Å²) in [6.07, 6.45) is 1.70. The minimum Gasteiger partial charge on any atom is -0.294 e. The number of Topliss-reactive ketones (excluding diaryl/α,β-unsaturated/α-hetero) is 1. The highest BCUT2D eigenvalue weighted by Gasteiger charge is 2.28. The number of aryl methyl sites for hydroxylation is 1. The fraction of sp³-hybridized carbons (Fsp3) is 0.235. The SMILES string of the molecule is Cc1ccc(Cl)cc1C(=O)C1Cc2ccccc2C1. The molecule has 0 spiro atoms. The summed E-state index contributed by atoms with van der Waals surface area (Å²) in [4.78, 5) is 12.6. The van der Waals surface area contributed by atoms with Crippen molar-refractivity contribution in [2.45, 2.75) is 19.8 Å². The fourth-order valence-corrected chi connectivity index (χ4v) is 3.00. The van der Waals surface area contributed by atoms with Gasteiger partial charge in [0.25, 0.3) is 0 Å². The van der Waals surface area contributed by atoms with Crippen molar-refractivity contribution in [2.75, 3.05) is 0 Å². The highest BCUT2D eigenvalue weighted by Crippen LogP contribution is 2.30. The summed E-state index contributed by atoms with van der Waals surface area (Å²) in [5.41, 5.74) is 4.39. The van der Waals surface area contributed by atoms with Gasteiger partial charge in [-0.1, -0.05) is 41.9 Å². The molecule has 1 aliphatic carbocycles. The molecule has 96 valence electrons. The largest absolute Gasteiger partial charge is 0.294 e. The maximum atomic E-state index is 12.6. The smallest absolute Gasteiger partial charge is 0.166 e. The van der Waals surface area contributed by atoms with E-state index in [4.69, 9.17) is 11.6 Å². The Kier molecular flexibility index (Phi) is 3.16. The van der Waals surface area contributed by atoms with Crippen LogP contribution in [0.4, 0.5) is 0 Å². The Hall–Kier alpha value is -1.60. The van der Waals surface area contributed by atoms with Crippen LogP contribution in [0.1, 0.15) is 27.0 Å². The third-order valence-corrected chi connectivity index (χ3v) is 4.12. The molecule has 0 amide bonds. The van der Waals surface area contributed by atoms with Crippen LogP contribution in [-0.4, -0.2) is 5.78 Å². The van der Waals surface area contributed by atoms with Gasteiger partial charge < -0.3 is 0 Å². The van der Waals surface area contributed by atoms with Crippen molar-refractivity contribution in [3.63, 3.8) is 0 Å².